The van der Waals surface area contributed by atoms with Crippen LogP contribution in [0, 0.1) is 0 Å². The number of nitrogens with two attached hydrogens (primary N) is 1. The van der Waals surface area contributed by atoms with Crippen LogP contribution in [0.1, 0.15) is 27.2 Å². The van der Waals surface area contributed by atoms with Gasteiger partial charge in [0.05, 0.1) is 12.6 Å². The van der Waals surface area contributed by atoms with Crippen molar-refractivity contribution in [1.29, 1.82) is 0 Å². The van der Waals surface area contributed by atoms with Crippen LogP contribution in [0.5, 0.6) is 0 Å². The summed E-state index contributed by atoms with van der Waals surface area (Å²) in [5.74, 6) is 4.87. The van der Waals surface area contributed by atoms with E-state index in [9.17, 15) is 9.59 Å². The quantitative estimate of drug-likeness (QED) is 0.361. The minimum Gasteiger partial charge on any atom is -0.342 e. The van der Waals surface area contributed by atoms with E-state index < -0.39 is 0 Å². The number of nitrogens with zero attached hydrogens (tertiary/aromatic N) is 2. The zero-order chi connectivity index (χ0) is 13.4. The average molecular weight is 244 g/mol. The van der Waals surface area contributed by atoms with E-state index >= 15 is 0 Å². The second-order valence-corrected chi connectivity index (χ2v) is 3.91. The van der Waals surface area contributed by atoms with Crippen molar-refractivity contribution in [3.63, 3.8) is 0 Å². The Morgan fingerprint density at radius 2 is 1.76 bits per heavy atom. The van der Waals surface area contributed by atoms with E-state index in [1.54, 1.807) is 16.8 Å². The molecule has 0 heterocycles. The van der Waals surface area contributed by atoms with Gasteiger partial charge in [0.2, 0.25) is 5.91 Å². The van der Waals surface area contributed by atoms with Gasteiger partial charge in [-0.25, -0.2) is 5.84 Å². The van der Waals surface area contributed by atoms with Crippen molar-refractivity contribution in [2.45, 2.75) is 33.2 Å². The summed E-state index contributed by atoms with van der Waals surface area (Å²) in [4.78, 5) is 26.8. The molecule has 0 aromatic carbocycles. The van der Waals surface area contributed by atoms with E-state index in [0.717, 1.165) is 0 Å². The highest BCUT2D eigenvalue weighted by atomic mass is 16.2. The molecule has 0 radical (unpaired) electrons. The molecule has 3 N–H and O–H groups in total. The molecular formula is C11H24N4O2. The maximum absolute atomic E-state index is 11.9. The van der Waals surface area contributed by atoms with E-state index in [-0.39, 0.29) is 24.4 Å². The average Bonchev–Trinajstić information content (AvgIpc) is 2.31. The Hall–Kier alpha value is -1.14. The first-order valence-corrected chi connectivity index (χ1v) is 6.00. The van der Waals surface area contributed by atoms with Crippen molar-refractivity contribution in [2.75, 3.05) is 26.7 Å². The Balaban J connectivity index is 4.45. The van der Waals surface area contributed by atoms with E-state index in [2.05, 4.69) is 5.43 Å². The fourth-order valence-corrected chi connectivity index (χ4v) is 1.79. The van der Waals surface area contributed by atoms with Crippen LogP contribution in [-0.2, 0) is 9.59 Å². The summed E-state index contributed by atoms with van der Waals surface area (Å²) in [5, 5.41) is 0. The fraction of sp³-hybridized carbons (Fsp3) is 0.818. The predicted molar refractivity (Wildman–Crippen MR) is 67.0 cm³/mol. The number of hydrazine groups is 1. The first-order chi connectivity index (χ1) is 8.01. The third-order valence-corrected chi connectivity index (χ3v) is 2.86. The van der Waals surface area contributed by atoms with Crippen LogP contribution in [0.15, 0.2) is 0 Å². The summed E-state index contributed by atoms with van der Waals surface area (Å²) in [6, 6.07) is -0.362. The molecule has 1 atom stereocenters. The zero-order valence-corrected chi connectivity index (χ0v) is 11.2. The number of hydrogen-bond donors (Lipinski definition) is 2. The molecule has 0 aliphatic heterocycles. The van der Waals surface area contributed by atoms with Gasteiger partial charge in [-0.2, -0.15) is 0 Å². The van der Waals surface area contributed by atoms with Gasteiger partial charge in [-0.15, -0.1) is 0 Å². The Morgan fingerprint density at radius 3 is 2.12 bits per heavy atom. The molecule has 1 unspecified atom stereocenters. The van der Waals surface area contributed by atoms with Crippen molar-refractivity contribution in [3.8, 4) is 0 Å². The molecule has 0 saturated carbocycles. The first-order valence-electron chi connectivity index (χ1n) is 6.00. The monoisotopic (exact) mass is 244 g/mol. The Bertz CT molecular complexity index is 254. The molecule has 0 rings (SSSR count). The molecule has 0 aliphatic rings. The van der Waals surface area contributed by atoms with E-state index in [4.69, 9.17) is 5.84 Å². The minimum atomic E-state index is -0.362. The van der Waals surface area contributed by atoms with Crippen LogP contribution in [0.3, 0.4) is 0 Å². The van der Waals surface area contributed by atoms with Crippen molar-refractivity contribution in [2.24, 2.45) is 5.84 Å². The summed E-state index contributed by atoms with van der Waals surface area (Å²) in [5.41, 5.74) is 2.12. The molecule has 0 aromatic rings. The van der Waals surface area contributed by atoms with Crippen molar-refractivity contribution in [3.05, 3.63) is 0 Å². The second kappa shape index (κ2) is 8.03. The number of nitrogens with one attached hydrogen (secondary N) is 1. The maximum atomic E-state index is 11.9. The van der Waals surface area contributed by atoms with Crippen LogP contribution in [-0.4, -0.2) is 54.3 Å². The van der Waals surface area contributed by atoms with Gasteiger partial charge < -0.3 is 4.90 Å². The first kappa shape index (κ1) is 15.9. The van der Waals surface area contributed by atoms with E-state index in [1.807, 2.05) is 20.8 Å². The molecule has 17 heavy (non-hydrogen) atoms. The third-order valence-electron chi connectivity index (χ3n) is 2.86. The highest BCUT2D eigenvalue weighted by Crippen LogP contribution is 2.02. The molecule has 6 heteroatoms. The summed E-state index contributed by atoms with van der Waals surface area (Å²) >= 11 is 0. The summed E-state index contributed by atoms with van der Waals surface area (Å²) in [6.45, 7) is 7.36. The molecule has 0 aliphatic carbocycles. The van der Waals surface area contributed by atoms with Crippen LogP contribution < -0.4 is 11.3 Å². The molecule has 0 bridgehead atoms. The van der Waals surface area contributed by atoms with Gasteiger partial charge in [-0.3, -0.25) is 19.9 Å². The normalized spacial score (nSPS) is 12.4. The number of hydrogen-bond acceptors (Lipinski definition) is 4. The Kier molecular flexibility index (Phi) is 7.49. The molecule has 6 nitrogen and oxygen atoms in total. The minimum absolute atomic E-state index is 0.0285. The lowest BCUT2D eigenvalue weighted by Gasteiger charge is -2.27. The van der Waals surface area contributed by atoms with Gasteiger partial charge in [-0.05, 0) is 27.3 Å². The third kappa shape index (κ3) is 4.70. The number of rotatable bonds is 7. The van der Waals surface area contributed by atoms with Gasteiger partial charge in [0.15, 0.2) is 0 Å². The molecule has 0 spiro atoms. The van der Waals surface area contributed by atoms with Crippen LogP contribution in [0.4, 0.5) is 0 Å². The summed E-state index contributed by atoms with van der Waals surface area (Å²) in [7, 11) is 1.75. The lowest BCUT2D eigenvalue weighted by atomic mass is 10.2. The SMILES string of the molecule is CCC(C(=O)NN)N(C)CC(=O)N(CC)CC. The highest BCUT2D eigenvalue weighted by molar-refractivity contribution is 5.83. The molecule has 0 saturated heterocycles. The number of amides is 2. The highest BCUT2D eigenvalue weighted by Gasteiger charge is 2.23. The van der Waals surface area contributed by atoms with Gasteiger partial charge in [-0.1, -0.05) is 6.92 Å². The lowest BCUT2D eigenvalue weighted by Crippen LogP contribution is -2.50. The topological polar surface area (TPSA) is 78.7 Å². The van der Waals surface area contributed by atoms with Crippen molar-refractivity contribution >= 4 is 11.8 Å². The van der Waals surface area contributed by atoms with Crippen molar-refractivity contribution in [1.82, 2.24) is 15.2 Å². The number of carbonyl (C=O) groups excluding carboxylic acids is 2. The zero-order valence-electron chi connectivity index (χ0n) is 11.2. The molecule has 0 aromatic heterocycles. The molecule has 0 fully saturated rings. The molecular weight excluding hydrogens is 220 g/mol. The maximum Gasteiger partial charge on any atom is 0.251 e. The Morgan fingerprint density at radius 1 is 1.24 bits per heavy atom. The second-order valence-electron chi connectivity index (χ2n) is 3.91. The lowest BCUT2D eigenvalue weighted by molar-refractivity contribution is -0.134. The predicted octanol–water partition coefficient (Wildman–Crippen LogP) is -0.445. The van der Waals surface area contributed by atoms with Crippen molar-refractivity contribution < 1.29 is 9.59 Å². The summed E-state index contributed by atoms with van der Waals surface area (Å²) < 4.78 is 0. The van der Waals surface area contributed by atoms with Crippen LogP contribution in [0.25, 0.3) is 0 Å². The Labute approximate surface area is 103 Å². The van der Waals surface area contributed by atoms with Gasteiger partial charge in [0.25, 0.3) is 5.91 Å². The fourth-order valence-electron chi connectivity index (χ4n) is 1.79. The standard InChI is InChI=1S/C11H24N4O2/c1-5-9(11(17)13-12)14(4)8-10(16)15(6-2)7-3/h9H,5-8,12H2,1-4H3,(H,13,17). The smallest absolute Gasteiger partial charge is 0.251 e. The van der Waals surface area contributed by atoms with E-state index in [1.165, 1.54) is 0 Å². The molecule has 100 valence electrons. The molecule has 2 amide bonds. The van der Waals surface area contributed by atoms with Crippen LogP contribution in [0.2, 0.25) is 0 Å². The summed E-state index contributed by atoms with van der Waals surface area (Å²) in [6.07, 6.45) is 0.616. The van der Waals surface area contributed by atoms with Gasteiger partial charge >= 0.3 is 0 Å². The van der Waals surface area contributed by atoms with E-state index in [0.29, 0.717) is 19.5 Å². The van der Waals surface area contributed by atoms with Crippen LogP contribution >= 0.6 is 0 Å². The number of carbonyl (C=O) groups is 2. The van der Waals surface area contributed by atoms with Gasteiger partial charge in [0, 0.05) is 13.1 Å². The van der Waals surface area contributed by atoms with Gasteiger partial charge in [0.1, 0.15) is 0 Å². The largest absolute Gasteiger partial charge is 0.342 e. The number of likely N-dealkylation sites (N-methyl/N-ethyl adjacent to an activating group) is 2.